The lowest BCUT2D eigenvalue weighted by atomic mass is 10.0. The van der Waals surface area contributed by atoms with E-state index in [2.05, 4.69) is 24.3 Å². The van der Waals surface area contributed by atoms with E-state index in [0.717, 1.165) is 28.7 Å². The normalized spacial score (nSPS) is 18.5. The second kappa shape index (κ2) is 7.19. The van der Waals surface area contributed by atoms with Crippen LogP contribution in [0.3, 0.4) is 0 Å². The Hall–Kier alpha value is -2.83. The molecule has 0 aromatic heterocycles. The first-order valence-corrected chi connectivity index (χ1v) is 8.92. The van der Waals surface area contributed by atoms with E-state index >= 15 is 0 Å². The molecule has 0 heterocycles. The monoisotopic (exact) mass is 343 g/mol. The van der Waals surface area contributed by atoms with Crippen LogP contribution in [-0.4, -0.2) is 13.7 Å². The molecular weight excluding hydrogens is 322 g/mol. The maximum absolute atomic E-state index is 9.26. The van der Waals surface area contributed by atoms with E-state index in [1.165, 1.54) is 12.0 Å². The fourth-order valence-electron chi connectivity index (χ4n) is 3.60. The summed E-state index contributed by atoms with van der Waals surface area (Å²) in [5.74, 6) is 2.08. The predicted octanol–water partition coefficient (Wildman–Crippen LogP) is 5.04. The topological polar surface area (TPSA) is 42.2 Å². The molecule has 130 valence electrons. The minimum absolute atomic E-state index is 0.581. The van der Waals surface area contributed by atoms with Gasteiger partial charge in [-0.2, -0.15) is 5.26 Å². The first-order chi connectivity index (χ1) is 12.8. The van der Waals surface area contributed by atoms with Crippen molar-refractivity contribution in [2.24, 2.45) is 5.92 Å². The van der Waals surface area contributed by atoms with Crippen LogP contribution in [-0.2, 0) is 11.3 Å². The van der Waals surface area contributed by atoms with Crippen LogP contribution in [0.2, 0.25) is 0 Å². The van der Waals surface area contributed by atoms with Crippen molar-refractivity contribution >= 4 is 10.8 Å². The van der Waals surface area contributed by atoms with Crippen molar-refractivity contribution in [1.82, 2.24) is 0 Å². The van der Waals surface area contributed by atoms with Crippen LogP contribution in [0.25, 0.3) is 10.8 Å². The summed E-state index contributed by atoms with van der Waals surface area (Å²) in [7, 11) is 1.69. The van der Waals surface area contributed by atoms with Crippen molar-refractivity contribution in [3.63, 3.8) is 0 Å². The third-order valence-electron chi connectivity index (χ3n) is 5.19. The molecule has 0 radical (unpaired) electrons. The van der Waals surface area contributed by atoms with Crippen molar-refractivity contribution in [2.45, 2.75) is 18.9 Å². The summed E-state index contributed by atoms with van der Waals surface area (Å²) in [6.07, 6.45) is 1.18. The highest BCUT2D eigenvalue weighted by Gasteiger charge is 2.38. The molecule has 0 spiro atoms. The SMILES string of the molecule is COc1ccc([C@H]2C[C@@H]2COCc2ccc(C#N)c3ccccc23)cc1. The zero-order valence-electron chi connectivity index (χ0n) is 14.8. The molecule has 26 heavy (non-hydrogen) atoms. The van der Waals surface area contributed by atoms with Gasteiger partial charge in [0.15, 0.2) is 0 Å². The van der Waals surface area contributed by atoms with Crippen LogP contribution in [0.1, 0.15) is 29.0 Å². The minimum atomic E-state index is 0.581. The third-order valence-corrected chi connectivity index (χ3v) is 5.19. The molecule has 3 nitrogen and oxygen atoms in total. The Kier molecular flexibility index (Phi) is 4.60. The average Bonchev–Trinajstić information content (AvgIpc) is 3.47. The summed E-state index contributed by atoms with van der Waals surface area (Å²) in [6, 6.07) is 22.5. The first-order valence-electron chi connectivity index (χ1n) is 8.92. The van der Waals surface area contributed by atoms with Crippen molar-refractivity contribution in [3.8, 4) is 11.8 Å². The van der Waals surface area contributed by atoms with Gasteiger partial charge in [0.05, 0.1) is 32.0 Å². The Bertz CT molecular complexity index is 956. The number of nitriles is 1. The summed E-state index contributed by atoms with van der Waals surface area (Å²) in [4.78, 5) is 0. The van der Waals surface area contributed by atoms with E-state index in [1.54, 1.807) is 7.11 Å². The largest absolute Gasteiger partial charge is 0.497 e. The van der Waals surface area contributed by atoms with Crippen molar-refractivity contribution in [2.75, 3.05) is 13.7 Å². The van der Waals surface area contributed by atoms with Crippen LogP contribution in [0.15, 0.2) is 60.7 Å². The highest BCUT2D eigenvalue weighted by atomic mass is 16.5. The number of fused-ring (bicyclic) bond motifs is 1. The molecule has 3 heteroatoms. The summed E-state index contributed by atoms with van der Waals surface area (Å²) in [5.41, 5.74) is 3.22. The molecule has 3 aromatic rings. The number of hydrogen-bond donors (Lipinski definition) is 0. The fraction of sp³-hybridized carbons (Fsp3) is 0.261. The molecule has 1 aliphatic rings. The van der Waals surface area contributed by atoms with Gasteiger partial charge in [0.1, 0.15) is 5.75 Å². The van der Waals surface area contributed by atoms with Gasteiger partial charge < -0.3 is 9.47 Å². The van der Waals surface area contributed by atoms with E-state index in [0.29, 0.717) is 24.0 Å². The lowest BCUT2D eigenvalue weighted by molar-refractivity contribution is 0.111. The van der Waals surface area contributed by atoms with Crippen molar-refractivity contribution in [3.05, 3.63) is 77.4 Å². The highest BCUT2D eigenvalue weighted by molar-refractivity contribution is 5.90. The average molecular weight is 343 g/mol. The van der Waals surface area contributed by atoms with Gasteiger partial charge in [0.2, 0.25) is 0 Å². The standard InChI is InChI=1S/C23H21NO2/c1-25-20-10-8-16(9-11-20)23-12-19(23)15-26-14-18-7-6-17(13-24)21-4-2-3-5-22(18)21/h2-11,19,23H,12,14-15H2,1H3/t19-,23-/m1/s1. The molecule has 4 rings (SSSR count). The Balaban J connectivity index is 1.37. The number of hydrogen-bond acceptors (Lipinski definition) is 3. The zero-order valence-corrected chi connectivity index (χ0v) is 14.8. The van der Waals surface area contributed by atoms with Crippen molar-refractivity contribution < 1.29 is 9.47 Å². The molecule has 1 saturated carbocycles. The van der Waals surface area contributed by atoms with Gasteiger partial charge in [-0.1, -0.05) is 42.5 Å². The van der Waals surface area contributed by atoms with Gasteiger partial charge in [0.25, 0.3) is 0 Å². The number of rotatable bonds is 6. The Morgan fingerprint density at radius 2 is 1.77 bits per heavy atom. The van der Waals surface area contributed by atoms with Crippen LogP contribution in [0.5, 0.6) is 5.75 Å². The van der Waals surface area contributed by atoms with Gasteiger partial charge >= 0.3 is 0 Å². The molecule has 3 aromatic carbocycles. The molecule has 0 amide bonds. The Morgan fingerprint density at radius 1 is 1.00 bits per heavy atom. The van der Waals surface area contributed by atoms with Crippen LogP contribution in [0.4, 0.5) is 0 Å². The third kappa shape index (κ3) is 3.29. The quantitative estimate of drug-likeness (QED) is 0.629. The molecular formula is C23H21NO2. The lowest BCUT2D eigenvalue weighted by Gasteiger charge is -2.09. The van der Waals surface area contributed by atoms with Gasteiger partial charge in [-0.15, -0.1) is 0 Å². The predicted molar refractivity (Wildman–Crippen MR) is 102 cm³/mol. The number of methoxy groups -OCH3 is 1. The number of benzene rings is 3. The summed E-state index contributed by atoms with van der Waals surface area (Å²) >= 11 is 0. The smallest absolute Gasteiger partial charge is 0.118 e. The summed E-state index contributed by atoms with van der Waals surface area (Å²) < 4.78 is 11.2. The second-order valence-electron chi connectivity index (χ2n) is 6.82. The van der Waals surface area contributed by atoms with Crippen molar-refractivity contribution in [1.29, 1.82) is 5.26 Å². The molecule has 0 saturated heterocycles. The van der Waals surface area contributed by atoms with E-state index in [9.17, 15) is 5.26 Å². The maximum atomic E-state index is 9.26. The van der Waals surface area contributed by atoms with Crippen LogP contribution < -0.4 is 4.74 Å². The second-order valence-corrected chi connectivity index (χ2v) is 6.82. The fourth-order valence-corrected chi connectivity index (χ4v) is 3.60. The summed E-state index contributed by atoms with van der Waals surface area (Å²) in [6.45, 7) is 1.35. The molecule has 0 N–H and O–H groups in total. The van der Waals surface area contributed by atoms with Crippen LogP contribution >= 0.6 is 0 Å². The highest BCUT2D eigenvalue weighted by Crippen LogP contribution is 2.47. The van der Waals surface area contributed by atoms with Gasteiger partial charge in [0, 0.05) is 0 Å². The lowest BCUT2D eigenvalue weighted by Crippen LogP contribution is -2.00. The molecule has 1 aliphatic carbocycles. The van der Waals surface area contributed by atoms with E-state index < -0.39 is 0 Å². The molecule has 2 atom stereocenters. The molecule has 0 bridgehead atoms. The zero-order chi connectivity index (χ0) is 17.9. The van der Waals surface area contributed by atoms with Crippen LogP contribution in [0, 0.1) is 17.2 Å². The van der Waals surface area contributed by atoms with Gasteiger partial charge in [-0.05, 0) is 58.4 Å². The van der Waals surface area contributed by atoms with E-state index in [4.69, 9.17) is 9.47 Å². The van der Waals surface area contributed by atoms with E-state index in [1.807, 2.05) is 42.5 Å². The number of nitrogens with zero attached hydrogens (tertiary/aromatic N) is 1. The minimum Gasteiger partial charge on any atom is -0.497 e. The molecule has 1 fully saturated rings. The maximum Gasteiger partial charge on any atom is 0.118 e. The Labute approximate surface area is 153 Å². The first kappa shape index (κ1) is 16.6. The van der Waals surface area contributed by atoms with E-state index in [-0.39, 0.29) is 0 Å². The number of ether oxygens (including phenoxy) is 2. The molecule has 0 aliphatic heterocycles. The van der Waals surface area contributed by atoms with Gasteiger partial charge in [-0.3, -0.25) is 0 Å². The Morgan fingerprint density at radius 3 is 2.50 bits per heavy atom. The molecule has 0 unspecified atom stereocenters. The summed E-state index contributed by atoms with van der Waals surface area (Å²) in [5, 5.41) is 11.4. The van der Waals surface area contributed by atoms with Gasteiger partial charge in [-0.25, -0.2) is 0 Å².